The number of halogens is 2. The van der Waals surface area contributed by atoms with Gasteiger partial charge in [0.05, 0.1) is 11.6 Å². The highest BCUT2D eigenvalue weighted by Crippen LogP contribution is 2.53. The molecule has 3 aromatic rings. The molecule has 0 saturated heterocycles. The summed E-state index contributed by atoms with van der Waals surface area (Å²) in [6, 6.07) is 9.96. The molecular weight excluding hydrogens is 413 g/mol. The molecule has 0 spiro atoms. The van der Waals surface area contributed by atoms with Gasteiger partial charge in [0.1, 0.15) is 11.0 Å². The summed E-state index contributed by atoms with van der Waals surface area (Å²) in [4.78, 5) is 21.2. The normalized spacial score (nSPS) is 26.2. The topological polar surface area (TPSA) is 68.9 Å². The molecule has 3 unspecified atom stereocenters. The third-order valence-corrected chi connectivity index (χ3v) is 7.50. The van der Waals surface area contributed by atoms with Crippen LogP contribution in [-0.2, 0) is 11.2 Å². The zero-order valence-corrected chi connectivity index (χ0v) is 17.9. The number of rotatable bonds is 5. The number of Topliss-reactive ketones (excluding diaryl/α,β-unsaturated/α-hetero) is 1. The first kappa shape index (κ1) is 20.5. The van der Waals surface area contributed by atoms with Gasteiger partial charge in [-0.1, -0.05) is 17.7 Å². The minimum absolute atomic E-state index is 0.0706. The van der Waals surface area contributed by atoms with Crippen molar-refractivity contribution in [3.63, 3.8) is 0 Å². The van der Waals surface area contributed by atoms with Gasteiger partial charge in [-0.3, -0.25) is 9.78 Å². The Balaban J connectivity index is 1.24. The molecule has 160 valence electrons. The molecular formula is C25H25ClFN3O. The lowest BCUT2D eigenvalue weighted by Gasteiger charge is -2.21. The lowest BCUT2D eigenvalue weighted by atomic mass is 9.86. The number of hydrogen-bond donors (Lipinski definition) is 1. The quantitative estimate of drug-likeness (QED) is 0.565. The van der Waals surface area contributed by atoms with E-state index in [0.717, 1.165) is 42.1 Å². The van der Waals surface area contributed by atoms with Gasteiger partial charge in [0.25, 0.3) is 0 Å². The molecule has 2 heterocycles. The number of aromatic nitrogens is 2. The van der Waals surface area contributed by atoms with Crippen LogP contribution in [0.1, 0.15) is 42.7 Å². The molecule has 6 heteroatoms. The standard InChI is InChI=1S/C25H25ClFN3O/c26-24-4-1-14(13-30-24)7-23(31)25(28)18-10-15-8-17(9-16(15)11-18)20-5-6-29-22-3-2-19(27)12-21(20)22/h1-6,12-13,15-18,25H,7-11,28H2/t15-,16+,17?,18?,25?. The van der Waals surface area contributed by atoms with E-state index in [1.165, 1.54) is 11.6 Å². The average Bonchev–Trinajstić information content (AvgIpc) is 3.33. The molecule has 2 saturated carbocycles. The van der Waals surface area contributed by atoms with E-state index in [2.05, 4.69) is 9.97 Å². The molecule has 31 heavy (non-hydrogen) atoms. The Morgan fingerprint density at radius 2 is 1.87 bits per heavy atom. The Morgan fingerprint density at radius 3 is 2.58 bits per heavy atom. The van der Waals surface area contributed by atoms with Crippen LogP contribution >= 0.6 is 11.6 Å². The van der Waals surface area contributed by atoms with Gasteiger partial charge < -0.3 is 5.73 Å². The fourth-order valence-electron chi connectivity index (χ4n) is 5.80. The van der Waals surface area contributed by atoms with E-state index < -0.39 is 6.04 Å². The molecule has 2 fully saturated rings. The van der Waals surface area contributed by atoms with Crippen molar-refractivity contribution in [2.24, 2.45) is 23.5 Å². The highest BCUT2D eigenvalue weighted by Gasteiger charge is 2.44. The summed E-state index contributed by atoms with van der Waals surface area (Å²) in [5.41, 5.74) is 9.29. The fourth-order valence-corrected chi connectivity index (χ4v) is 5.91. The molecule has 2 aromatic heterocycles. The number of nitrogens with zero attached hydrogens (tertiary/aromatic N) is 2. The number of carbonyl (C=O) groups is 1. The van der Waals surface area contributed by atoms with Crippen LogP contribution in [0.5, 0.6) is 0 Å². The summed E-state index contributed by atoms with van der Waals surface area (Å²) < 4.78 is 13.8. The lowest BCUT2D eigenvalue weighted by Crippen LogP contribution is -2.38. The van der Waals surface area contributed by atoms with E-state index >= 15 is 0 Å². The third-order valence-electron chi connectivity index (χ3n) is 7.28. The van der Waals surface area contributed by atoms with Crippen molar-refractivity contribution in [2.75, 3.05) is 0 Å². The van der Waals surface area contributed by atoms with Crippen molar-refractivity contribution in [2.45, 2.75) is 44.1 Å². The molecule has 0 bridgehead atoms. The van der Waals surface area contributed by atoms with Crippen LogP contribution in [0.25, 0.3) is 10.9 Å². The molecule has 2 aliphatic carbocycles. The second kappa shape index (κ2) is 8.29. The summed E-state index contributed by atoms with van der Waals surface area (Å²) in [6.45, 7) is 0. The van der Waals surface area contributed by atoms with Crippen molar-refractivity contribution in [3.8, 4) is 0 Å². The van der Waals surface area contributed by atoms with Gasteiger partial charge >= 0.3 is 0 Å². The Morgan fingerprint density at radius 1 is 1.10 bits per heavy atom. The van der Waals surface area contributed by atoms with E-state index in [9.17, 15) is 9.18 Å². The first-order valence-corrected chi connectivity index (χ1v) is 11.3. The number of pyridine rings is 2. The molecule has 0 amide bonds. The number of benzene rings is 1. The SMILES string of the molecule is NC(C(=O)Cc1ccc(Cl)nc1)C1C[C@H]2CC(c3ccnc4ccc(F)cc34)C[C@H]2C1. The Kier molecular flexibility index (Phi) is 5.49. The summed E-state index contributed by atoms with van der Waals surface area (Å²) in [5, 5.41) is 1.34. The van der Waals surface area contributed by atoms with E-state index in [-0.39, 0.29) is 17.5 Å². The van der Waals surface area contributed by atoms with Crippen molar-refractivity contribution in [1.29, 1.82) is 0 Å². The van der Waals surface area contributed by atoms with Crippen LogP contribution in [0.15, 0.2) is 48.8 Å². The van der Waals surface area contributed by atoms with Crippen molar-refractivity contribution >= 4 is 28.3 Å². The predicted molar refractivity (Wildman–Crippen MR) is 119 cm³/mol. The Hall–Kier alpha value is -2.37. The lowest BCUT2D eigenvalue weighted by molar-refractivity contribution is -0.120. The number of hydrogen-bond acceptors (Lipinski definition) is 4. The largest absolute Gasteiger partial charge is 0.321 e. The van der Waals surface area contributed by atoms with Crippen LogP contribution in [0.4, 0.5) is 4.39 Å². The second-order valence-electron chi connectivity index (χ2n) is 9.14. The van der Waals surface area contributed by atoms with Gasteiger partial charge in [-0.15, -0.1) is 0 Å². The maximum atomic E-state index is 13.8. The number of fused-ring (bicyclic) bond motifs is 2. The molecule has 2 N–H and O–H groups in total. The minimum atomic E-state index is -0.435. The zero-order chi connectivity index (χ0) is 21.5. The van der Waals surface area contributed by atoms with Crippen LogP contribution in [0.3, 0.4) is 0 Å². The highest BCUT2D eigenvalue weighted by molar-refractivity contribution is 6.29. The number of ketones is 1. The molecule has 4 nitrogen and oxygen atoms in total. The van der Waals surface area contributed by atoms with E-state index in [1.807, 2.05) is 18.3 Å². The monoisotopic (exact) mass is 437 g/mol. The summed E-state index contributed by atoms with van der Waals surface area (Å²) in [6.07, 6.45) is 7.89. The molecule has 5 atom stereocenters. The van der Waals surface area contributed by atoms with Crippen LogP contribution in [-0.4, -0.2) is 21.8 Å². The smallest absolute Gasteiger partial charge is 0.154 e. The number of carbonyl (C=O) groups excluding carboxylic acids is 1. The van der Waals surface area contributed by atoms with Crippen LogP contribution in [0, 0.1) is 23.6 Å². The number of nitrogens with two attached hydrogens (primary N) is 1. The fraction of sp³-hybridized carbons (Fsp3) is 0.400. The molecule has 5 rings (SSSR count). The van der Waals surface area contributed by atoms with Gasteiger partial charge in [0.2, 0.25) is 0 Å². The van der Waals surface area contributed by atoms with Gasteiger partial charge in [0, 0.05) is 24.2 Å². The molecule has 0 radical (unpaired) electrons. The van der Waals surface area contributed by atoms with Gasteiger partial charge in [-0.25, -0.2) is 9.37 Å². The van der Waals surface area contributed by atoms with E-state index in [0.29, 0.717) is 29.3 Å². The highest BCUT2D eigenvalue weighted by atomic mass is 35.5. The van der Waals surface area contributed by atoms with E-state index in [4.69, 9.17) is 17.3 Å². The summed E-state index contributed by atoms with van der Waals surface area (Å²) in [5.74, 6) is 1.64. The van der Waals surface area contributed by atoms with Gasteiger partial charge in [-0.2, -0.15) is 0 Å². The first-order valence-electron chi connectivity index (χ1n) is 10.9. The van der Waals surface area contributed by atoms with Crippen LogP contribution < -0.4 is 5.73 Å². The Bertz CT molecular complexity index is 1110. The first-order chi connectivity index (χ1) is 15.0. The summed E-state index contributed by atoms with van der Waals surface area (Å²) >= 11 is 5.82. The maximum absolute atomic E-state index is 13.8. The average molecular weight is 438 g/mol. The molecule has 1 aromatic carbocycles. The zero-order valence-electron chi connectivity index (χ0n) is 17.2. The van der Waals surface area contributed by atoms with Crippen LogP contribution in [0.2, 0.25) is 5.15 Å². The van der Waals surface area contributed by atoms with Crippen molar-refractivity contribution < 1.29 is 9.18 Å². The predicted octanol–water partition coefficient (Wildman–Crippen LogP) is 5.08. The van der Waals surface area contributed by atoms with Gasteiger partial charge in [0.15, 0.2) is 5.78 Å². The molecule has 2 aliphatic rings. The van der Waals surface area contributed by atoms with Crippen molar-refractivity contribution in [3.05, 3.63) is 70.9 Å². The third kappa shape index (κ3) is 4.09. The van der Waals surface area contributed by atoms with E-state index in [1.54, 1.807) is 24.4 Å². The van der Waals surface area contributed by atoms with Crippen molar-refractivity contribution in [1.82, 2.24) is 9.97 Å². The Labute approximate surface area is 186 Å². The van der Waals surface area contributed by atoms with Gasteiger partial charge in [-0.05, 0) is 90.8 Å². The minimum Gasteiger partial charge on any atom is -0.321 e. The second-order valence-corrected chi connectivity index (χ2v) is 9.53. The summed E-state index contributed by atoms with van der Waals surface area (Å²) in [7, 11) is 0. The maximum Gasteiger partial charge on any atom is 0.154 e. The molecule has 0 aliphatic heterocycles.